The fourth-order valence-electron chi connectivity index (χ4n) is 4.62. The molecule has 1 aliphatic carbocycles. The predicted octanol–water partition coefficient (Wildman–Crippen LogP) is 5.89. The van der Waals surface area contributed by atoms with Crippen LogP contribution in [0.5, 0.6) is 11.5 Å². The van der Waals surface area contributed by atoms with E-state index in [-0.39, 0.29) is 0 Å². The summed E-state index contributed by atoms with van der Waals surface area (Å²) in [5.74, 6) is -0.497. The van der Waals surface area contributed by atoms with Crippen molar-refractivity contribution < 1.29 is 23.1 Å². The number of nitrogens with zero attached hydrogens (tertiary/aromatic N) is 4. The van der Waals surface area contributed by atoms with Crippen LogP contribution in [0.4, 0.5) is 20.2 Å². The molecule has 0 saturated heterocycles. The highest BCUT2D eigenvalue weighted by Crippen LogP contribution is 2.49. The van der Waals surface area contributed by atoms with Gasteiger partial charge in [-0.25, -0.2) is 13.5 Å². The maximum Gasteiger partial charge on any atom is 0.247 e. The third-order valence-corrected chi connectivity index (χ3v) is 7.00. The van der Waals surface area contributed by atoms with Crippen LogP contribution >= 0.6 is 0 Å². The van der Waals surface area contributed by atoms with Crippen LogP contribution in [-0.4, -0.2) is 26.6 Å². The van der Waals surface area contributed by atoms with Gasteiger partial charge in [-0.05, 0) is 85.6 Å². The topological polar surface area (TPSA) is 103 Å². The van der Waals surface area contributed by atoms with Gasteiger partial charge < -0.3 is 10.5 Å². The number of aromatic nitrogens is 3. The monoisotopic (exact) mass is 539 g/mol. The van der Waals surface area contributed by atoms with Gasteiger partial charge in [0.05, 0.1) is 11.2 Å². The number of carbonyl (C=O) groups is 2. The second-order valence-electron chi connectivity index (χ2n) is 9.56. The molecule has 2 amide bonds. The summed E-state index contributed by atoms with van der Waals surface area (Å²) in [5, 5.41) is 4.96. The van der Waals surface area contributed by atoms with Gasteiger partial charge in [0.25, 0.3) is 0 Å². The maximum atomic E-state index is 13.6. The lowest BCUT2D eigenvalue weighted by Crippen LogP contribution is -2.41. The van der Waals surface area contributed by atoms with Gasteiger partial charge in [0.15, 0.2) is 6.80 Å². The van der Waals surface area contributed by atoms with E-state index in [4.69, 9.17) is 10.5 Å². The summed E-state index contributed by atoms with van der Waals surface area (Å²) >= 11 is 0. The zero-order valence-electron chi connectivity index (χ0n) is 21.1. The first-order valence-corrected chi connectivity index (χ1v) is 12.5. The summed E-state index contributed by atoms with van der Waals surface area (Å²) in [7, 11) is 0. The molecule has 3 aromatic carbocycles. The molecule has 2 heterocycles. The van der Waals surface area contributed by atoms with Crippen molar-refractivity contribution in [3.63, 3.8) is 0 Å². The Morgan fingerprint density at radius 1 is 0.975 bits per heavy atom. The lowest BCUT2D eigenvalue weighted by Gasteiger charge is -2.26. The largest absolute Gasteiger partial charge is 0.457 e. The lowest BCUT2D eigenvalue weighted by atomic mass is 10.0. The third-order valence-electron chi connectivity index (χ3n) is 7.00. The van der Waals surface area contributed by atoms with Crippen molar-refractivity contribution in [1.82, 2.24) is 14.8 Å². The highest BCUT2D eigenvalue weighted by Gasteiger charge is 2.57. The second kappa shape index (κ2) is 9.88. The van der Waals surface area contributed by atoms with E-state index in [0.29, 0.717) is 46.9 Å². The summed E-state index contributed by atoms with van der Waals surface area (Å²) in [4.78, 5) is 31.4. The Balaban J connectivity index is 1.29. The molecule has 1 aliphatic rings. The quantitative estimate of drug-likeness (QED) is 0.248. The van der Waals surface area contributed by atoms with Crippen LogP contribution in [0, 0.1) is 11.2 Å². The molecule has 0 spiro atoms. The number of pyridine rings is 1. The van der Waals surface area contributed by atoms with E-state index < -0.39 is 29.8 Å². The number of rotatable bonds is 8. The molecule has 8 nitrogen and oxygen atoms in total. The van der Waals surface area contributed by atoms with Gasteiger partial charge in [0.2, 0.25) is 11.8 Å². The van der Waals surface area contributed by atoms with Crippen molar-refractivity contribution in [3.8, 4) is 22.8 Å². The second-order valence-corrected chi connectivity index (χ2v) is 9.56. The first kappa shape index (κ1) is 25.2. The van der Waals surface area contributed by atoms with E-state index in [9.17, 15) is 18.4 Å². The van der Waals surface area contributed by atoms with Crippen LogP contribution in [0.25, 0.3) is 22.2 Å². The van der Waals surface area contributed by atoms with Crippen LogP contribution < -0.4 is 15.4 Å². The molecule has 0 radical (unpaired) electrons. The summed E-state index contributed by atoms with van der Waals surface area (Å²) in [6.45, 7) is -0.704. The lowest BCUT2D eigenvalue weighted by molar-refractivity contribution is -0.133. The van der Waals surface area contributed by atoms with Crippen LogP contribution in [-0.2, 0) is 16.4 Å². The van der Waals surface area contributed by atoms with Crippen LogP contribution in [0.1, 0.15) is 12.8 Å². The number of hydrogen-bond donors (Lipinski definition) is 1. The molecule has 200 valence electrons. The van der Waals surface area contributed by atoms with E-state index in [2.05, 4.69) is 10.1 Å². The minimum absolute atomic E-state index is 0.370. The molecule has 40 heavy (non-hydrogen) atoms. The van der Waals surface area contributed by atoms with Crippen molar-refractivity contribution >= 4 is 34.1 Å². The summed E-state index contributed by atoms with van der Waals surface area (Å²) in [6.07, 6.45) is 3.94. The average molecular weight is 540 g/mol. The van der Waals surface area contributed by atoms with Gasteiger partial charge in [-0.15, -0.1) is 0 Å². The molecule has 0 bridgehead atoms. The summed E-state index contributed by atoms with van der Waals surface area (Å²) in [6, 6.07) is 21.3. The number of primary amides is 1. The normalized spacial score (nSPS) is 13.7. The number of ether oxygens (including phenoxy) is 1. The van der Waals surface area contributed by atoms with Crippen molar-refractivity contribution in [2.45, 2.75) is 19.6 Å². The summed E-state index contributed by atoms with van der Waals surface area (Å²) < 4.78 is 33.9. The number of amides is 2. The van der Waals surface area contributed by atoms with Crippen LogP contribution in [0.15, 0.2) is 91.3 Å². The SMILES string of the molecule is NC(=O)C1(C(=O)N(c2ccc(F)cc2)c2ccc(Oc3ccnc4cc(-c5ccn(CF)n5)ccc34)cc2)CC1. The van der Waals surface area contributed by atoms with Gasteiger partial charge in [0, 0.05) is 34.7 Å². The van der Waals surface area contributed by atoms with E-state index in [1.54, 1.807) is 48.8 Å². The Labute approximate surface area is 227 Å². The Bertz CT molecular complexity index is 1730. The smallest absolute Gasteiger partial charge is 0.247 e. The van der Waals surface area contributed by atoms with Gasteiger partial charge in [-0.2, -0.15) is 5.10 Å². The number of alkyl halides is 1. The fraction of sp³-hybridized carbons (Fsp3) is 0.133. The zero-order chi connectivity index (χ0) is 27.9. The molecule has 1 fully saturated rings. The zero-order valence-corrected chi connectivity index (χ0v) is 21.1. The van der Waals surface area contributed by atoms with Gasteiger partial charge in [-0.1, -0.05) is 6.07 Å². The molecule has 2 aromatic heterocycles. The van der Waals surface area contributed by atoms with Gasteiger partial charge in [0.1, 0.15) is 22.7 Å². The molecule has 0 atom stereocenters. The molecule has 5 aromatic rings. The average Bonchev–Trinajstić information content (AvgIpc) is 3.65. The van der Waals surface area contributed by atoms with E-state index in [1.165, 1.54) is 33.8 Å². The number of fused-ring (bicyclic) bond motifs is 1. The highest BCUT2D eigenvalue weighted by atomic mass is 19.1. The predicted molar refractivity (Wildman–Crippen MR) is 145 cm³/mol. The Morgan fingerprint density at radius 2 is 1.68 bits per heavy atom. The molecule has 0 aliphatic heterocycles. The Hall–Kier alpha value is -5.12. The third kappa shape index (κ3) is 4.53. The van der Waals surface area contributed by atoms with Crippen molar-refractivity contribution in [3.05, 3.63) is 97.1 Å². The number of nitrogens with two attached hydrogens (primary N) is 1. The van der Waals surface area contributed by atoms with Crippen molar-refractivity contribution in [1.29, 1.82) is 0 Å². The molecule has 1 saturated carbocycles. The molecule has 0 unspecified atom stereocenters. The number of benzene rings is 3. The fourth-order valence-corrected chi connectivity index (χ4v) is 4.62. The first-order chi connectivity index (χ1) is 19.4. The number of hydrogen-bond acceptors (Lipinski definition) is 5. The number of carbonyl (C=O) groups excluding carboxylic acids is 2. The van der Waals surface area contributed by atoms with E-state index in [0.717, 1.165) is 10.9 Å². The Morgan fingerprint density at radius 3 is 2.30 bits per heavy atom. The van der Waals surface area contributed by atoms with Crippen molar-refractivity contribution in [2.24, 2.45) is 11.1 Å². The molecule has 6 rings (SSSR count). The molecule has 10 heteroatoms. The standard InChI is InChI=1S/C30H23F2N5O3/c31-18-36-16-12-25(35-36)19-1-10-24-26(17-19)34-15-11-27(24)40-23-8-6-22(7-9-23)37(21-4-2-20(32)3-5-21)29(39)30(13-14-30)28(33)38/h1-12,15-17H,13-14,18H2,(H2,33,38). The molecular formula is C30H23F2N5O3. The van der Waals surface area contributed by atoms with Gasteiger partial charge in [-0.3, -0.25) is 19.5 Å². The number of halogens is 2. The van der Waals surface area contributed by atoms with Crippen molar-refractivity contribution in [2.75, 3.05) is 4.90 Å². The van der Waals surface area contributed by atoms with Crippen LogP contribution in [0.2, 0.25) is 0 Å². The first-order valence-electron chi connectivity index (χ1n) is 12.5. The Kier molecular flexibility index (Phi) is 6.22. The maximum absolute atomic E-state index is 13.6. The summed E-state index contributed by atoms with van der Waals surface area (Å²) in [5.41, 5.74) is 7.30. The van der Waals surface area contributed by atoms with Gasteiger partial charge >= 0.3 is 0 Å². The van der Waals surface area contributed by atoms with Crippen LogP contribution in [0.3, 0.4) is 0 Å². The minimum Gasteiger partial charge on any atom is -0.457 e. The molecular weight excluding hydrogens is 516 g/mol. The highest BCUT2D eigenvalue weighted by molar-refractivity contribution is 6.16. The van der Waals surface area contributed by atoms with E-state index in [1.807, 2.05) is 18.2 Å². The van der Waals surface area contributed by atoms with E-state index >= 15 is 0 Å². The number of anilines is 2. The molecule has 2 N–H and O–H groups in total. The minimum atomic E-state index is -1.26.